The number of halogens is 1. The molecule has 0 saturated carbocycles. The lowest BCUT2D eigenvalue weighted by Crippen LogP contribution is -2.56. The first-order chi connectivity index (χ1) is 23.4. The van der Waals surface area contributed by atoms with Crippen LogP contribution in [0.1, 0.15) is 12.8 Å². The molecule has 2 fully saturated rings. The molecule has 1 atom stereocenters. The Morgan fingerprint density at radius 1 is 0.708 bits per heavy atom. The molecule has 1 unspecified atom stereocenters. The summed E-state index contributed by atoms with van der Waals surface area (Å²) >= 11 is 6.38. The van der Waals surface area contributed by atoms with E-state index in [0.717, 1.165) is 36.3 Å². The number of urea groups is 1. The van der Waals surface area contributed by atoms with E-state index < -0.39 is 12.1 Å². The van der Waals surface area contributed by atoms with E-state index in [1.165, 1.54) is 23.1 Å². The van der Waals surface area contributed by atoms with E-state index in [-0.39, 0.29) is 24.7 Å². The van der Waals surface area contributed by atoms with Gasteiger partial charge in [0.1, 0.15) is 17.7 Å². The van der Waals surface area contributed by atoms with Crippen LogP contribution in [0.15, 0.2) is 77.3 Å². The predicted molar refractivity (Wildman–Crippen MR) is 196 cm³/mol. The van der Waals surface area contributed by atoms with Gasteiger partial charge < -0.3 is 30.2 Å². The number of anilines is 3. The molecular formula is C34H35BrN8O3S2. The summed E-state index contributed by atoms with van der Waals surface area (Å²) < 4.78 is 12.5. The molecule has 2 aromatic heterocycles. The van der Waals surface area contributed by atoms with Crippen molar-refractivity contribution < 1.29 is 14.4 Å². The van der Waals surface area contributed by atoms with Crippen LogP contribution in [-0.2, 0) is 9.59 Å². The number of rotatable bonds is 8. The second-order valence-electron chi connectivity index (χ2n) is 11.9. The number of hydrogen-bond acceptors (Lipinski definition) is 9. The Balaban J connectivity index is 0.977. The highest BCUT2D eigenvalue weighted by molar-refractivity contribution is 9.10. The third kappa shape index (κ3) is 7.10. The Hall–Kier alpha value is -4.27. The second-order valence-corrected chi connectivity index (χ2v) is 14.4. The summed E-state index contributed by atoms with van der Waals surface area (Å²) in [4.78, 5) is 48.5. The van der Waals surface area contributed by atoms with Crippen LogP contribution in [0.4, 0.5) is 22.1 Å². The first kappa shape index (κ1) is 32.3. The van der Waals surface area contributed by atoms with Gasteiger partial charge in [0, 0.05) is 79.7 Å². The fraction of sp³-hybridized carbons (Fsp3) is 0.324. The molecule has 48 heavy (non-hydrogen) atoms. The minimum atomic E-state index is -0.848. The molecule has 3 aromatic carbocycles. The molecular weight excluding hydrogens is 712 g/mol. The van der Waals surface area contributed by atoms with Gasteiger partial charge in [-0.25, -0.2) is 4.79 Å². The van der Waals surface area contributed by atoms with Gasteiger partial charge in [-0.05, 0) is 78.0 Å². The molecule has 14 heteroatoms. The van der Waals surface area contributed by atoms with Crippen LogP contribution in [0.2, 0.25) is 0 Å². The van der Waals surface area contributed by atoms with Crippen LogP contribution in [-0.4, -0.2) is 94.8 Å². The van der Waals surface area contributed by atoms with E-state index in [4.69, 9.17) is 0 Å². The highest BCUT2D eigenvalue weighted by Gasteiger charge is 2.31. The summed E-state index contributed by atoms with van der Waals surface area (Å²) in [6, 6.07) is 22.2. The number of amides is 4. The van der Waals surface area contributed by atoms with Gasteiger partial charge in [0.15, 0.2) is 0 Å². The van der Waals surface area contributed by atoms with Gasteiger partial charge in [0.05, 0.1) is 9.40 Å². The average Bonchev–Trinajstić information content (AvgIpc) is 3.76. The maximum Gasteiger partial charge on any atom is 0.319 e. The minimum Gasteiger partial charge on any atom is -0.352 e. The summed E-state index contributed by atoms with van der Waals surface area (Å²) in [5.74, 6) is 1.71. The van der Waals surface area contributed by atoms with E-state index in [1.807, 2.05) is 41.3 Å². The Kier molecular flexibility index (Phi) is 9.73. The Morgan fingerprint density at radius 2 is 1.23 bits per heavy atom. The lowest BCUT2D eigenvalue weighted by atomic mass is 10.1. The molecule has 0 aliphatic carbocycles. The molecule has 0 spiro atoms. The first-order valence-electron chi connectivity index (χ1n) is 16.0. The molecule has 2 aliphatic heterocycles. The lowest BCUT2D eigenvalue weighted by Gasteiger charge is -2.37. The molecule has 2 N–H and O–H groups in total. The summed E-state index contributed by atoms with van der Waals surface area (Å²) in [5, 5.41) is 7.95. The lowest BCUT2D eigenvalue weighted by molar-refractivity contribution is -0.134. The monoisotopic (exact) mass is 746 g/mol. The predicted octanol–water partition coefficient (Wildman–Crippen LogP) is 5.64. The van der Waals surface area contributed by atoms with Gasteiger partial charge in [0.25, 0.3) is 0 Å². The topological polar surface area (TPSA) is 114 Å². The molecule has 248 valence electrons. The smallest absolute Gasteiger partial charge is 0.319 e. The van der Waals surface area contributed by atoms with Gasteiger partial charge in [-0.15, -0.1) is 0 Å². The number of hydrogen-bond donors (Lipinski definition) is 2. The number of benzene rings is 3. The molecule has 7 rings (SSSR count). The van der Waals surface area contributed by atoms with E-state index in [9.17, 15) is 14.4 Å². The number of fused-ring (bicyclic) bond motifs is 2. The SMILES string of the molecule is O=C(Nc1ccc(Br)cc1)NC(CCC(=O)N1CCN(c2nsc3ccccc23)CC1)C(=O)N1CCN(c2nsc3ccccc23)CC1. The van der Waals surface area contributed by atoms with E-state index in [0.29, 0.717) is 58.0 Å². The fourth-order valence-electron chi connectivity index (χ4n) is 6.27. The summed E-state index contributed by atoms with van der Waals surface area (Å²) in [5.41, 5.74) is 0.604. The van der Waals surface area contributed by atoms with E-state index in [1.54, 1.807) is 17.0 Å². The van der Waals surface area contributed by atoms with Crippen LogP contribution < -0.4 is 20.4 Å². The second kappa shape index (κ2) is 14.5. The zero-order chi connectivity index (χ0) is 33.0. The maximum atomic E-state index is 13.9. The zero-order valence-electron chi connectivity index (χ0n) is 26.2. The first-order valence-corrected chi connectivity index (χ1v) is 18.4. The third-order valence-corrected chi connectivity index (χ3v) is 11.1. The van der Waals surface area contributed by atoms with Crippen molar-refractivity contribution in [3.8, 4) is 0 Å². The van der Waals surface area contributed by atoms with Crippen molar-refractivity contribution in [1.82, 2.24) is 23.9 Å². The van der Waals surface area contributed by atoms with E-state index in [2.05, 4.69) is 69.4 Å². The number of nitrogens with one attached hydrogen (secondary N) is 2. The van der Waals surface area contributed by atoms with Crippen molar-refractivity contribution in [2.75, 3.05) is 67.5 Å². The number of aromatic nitrogens is 2. The Morgan fingerprint density at radius 3 is 1.79 bits per heavy atom. The van der Waals surface area contributed by atoms with Crippen LogP contribution in [0.25, 0.3) is 20.2 Å². The van der Waals surface area contributed by atoms with Gasteiger partial charge in [-0.3, -0.25) is 9.59 Å². The van der Waals surface area contributed by atoms with Gasteiger partial charge in [0.2, 0.25) is 11.8 Å². The quantitative estimate of drug-likeness (QED) is 0.212. The van der Waals surface area contributed by atoms with Gasteiger partial charge >= 0.3 is 6.03 Å². The zero-order valence-corrected chi connectivity index (χ0v) is 29.4. The average molecular weight is 748 g/mol. The molecule has 5 aromatic rings. The Bertz CT molecular complexity index is 1920. The molecule has 0 radical (unpaired) electrons. The molecule has 4 heterocycles. The third-order valence-electron chi connectivity index (χ3n) is 8.89. The van der Waals surface area contributed by atoms with Gasteiger partial charge in [-0.1, -0.05) is 40.2 Å². The van der Waals surface area contributed by atoms with Crippen molar-refractivity contribution in [1.29, 1.82) is 0 Å². The highest BCUT2D eigenvalue weighted by Crippen LogP contribution is 2.31. The van der Waals surface area contributed by atoms with Crippen LogP contribution in [0, 0.1) is 0 Å². The normalized spacial score (nSPS) is 15.9. The van der Waals surface area contributed by atoms with Crippen molar-refractivity contribution in [2.24, 2.45) is 0 Å². The molecule has 2 aliphatic rings. The van der Waals surface area contributed by atoms with Crippen LogP contribution in [0.5, 0.6) is 0 Å². The van der Waals surface area contributed by atoms with Crippen molar-refractivity contribution in [3.05, 3.63) is 77.3 Å². The molecule has 0 bridgehead atoms. The minimum absolute atomic E-state index is 0.0223. The van der Waals surface area contributed by atoms with Crippen molar-refractivity contribution >= 4 is 94.3 Å². The van der Waals surface area contributed by atoms with Crippen LogP contribution >= 0.6 is 39.0 Å². The Labute approximate surface area is 294 Å². The largest absolute Gasteiger partial charge is 0.352 e. The summed E-state index contributed by atoms with van der Waals surface area (Å²) in [7, 11) is 0. The van der Waals surface area contributed by atoms with Gasteiger partial charge in [-0.2, -0.15) is 8.75 Å². The summed E-state index contributed by atoms with van der Waals surface area (Å²) in [6.07, 6.45) is 0.360. The maximum absolute atomic E-state index is 13.9. The number of carbonyl (C=O) groups excluding carboxylic acids is 3. The molecule has 4 amide bonds. The molecule has 2 saturated heterocycles. The summed E-state index contributed by atoms with van der Waals surface area (Å²) in [6.45, 7) is 4.80. The number of nitrogens with zero attached hydrogens (tertiary/aromatic N) is 6. The van der Waals surface area contributed by atoms with Crippen LogP contribution in [0.3, 0.4) is 0 Å². The van der Waals surface area contributed by atoms with Crippen molar-refractivity contribution in [3.63, 3.8) is 0 Å². The molecule has 11 nitrogen and oxygen atoms in total. The number of piperazine rings is 2. The standard InChI is InChI=1S/C34H35BrN8O3S2/c35-23-9-11-24(12-10-23)36-34(46)37-27(33(45)43-21-19-42(20-22-43)32-26-6-2-4-8-29(26)48-39-32)13-14-30(44)40-15-17-41(18-16-40)31-25-5-1-3-7-28(25)47-38-31/h1-12,27H,13-22H2,(H2,36,37,46). The van der Waals surface area contributed by atoms with Crippen molar-refractivity contribution in [2.45, 2.75) is 18.9 Å². The van der Waals surface area contributed by atoms with E-state index >= 15 is 0 Å². The fourth-order valence-corrected chi connectivity index (χ4v) is 8.13. The number of carbonyl (C=O) groups is 3. The highest BCUT2D eigenvalue weighted by atomic mass is 79.9.